The van der Waals surface area contributed by atoms with E-state index in [1.165, 1.54) is 11.6 Å². The van der Waals surface area contributed by atoms with E-state index in [0.29, 0.717) is 11.9 Å². The van der Waals surface area contributed by atoms with E-state index in [-0.39, 0.29) is 16.5 Å². The zero-order valence-electron chi connectivity index (χ0n) is 12.6. The summed E-state index contributed by atoms with van der Waals surface area (Å²) in [6.07, 6.45) is 1.51. The lowest BCUT2D eigenvalue weighted by Crippen LogP contribution is -2.33. The number of benzene rings is 2. The summed E-state index contributed by atoms with van der Waals surface area (Å²) >= 11 is 0. The summed E-state index contributed by atoms with van der Waals surface area (Å²) in [6, 6.07) is 14.5. The fourth-order valence-electron chi connectivity index (χ4n) is 2.41. The van der Waals surface area contributed by atoms with Crippen LogP contribution in [0.5, 0.6) is 0 Å². The molecule has 0 saturated heterocycles. The van der Waals surface area contributed by atoms with Crippen LogP contribution in [0.4, 0.5) is 0 Å². The highest BCUT2D eigenvalue weighted by molar-refractivity contribution is 7.89. The summed E-state index contributed by atoms with van der Waals surface area (Å²) in [5.74, 6) is 0. The van der Waals surface area contributed by atoms with E-state index in [1.807, 2.05) is 37.3 Å². The highest BCUT2D eigenvalue weighted by Gasteiger charge is 2.22. The second kappa shape index (κ2) is 6.47. The third kappa shape index (κ3) is 3.57. The molecule has 0 bridgehead atoms. The quantitative estimate of drug-likeness (QED) is 0.750. The van der Waals surface area contributed by atoms with Crippen molar-refractivity contribution in [3.63, 3.8) is 0 Å². The monoisotopic (exact) mass is 331 g/mol. The molecule has 3 rings (SSSR count). The molecule has 0 saturated carbocycles. The van der Waals surface area contributed by atoms with Crippen molar-refractivity contribution in [2.75, 3.05) is 0 Å². The number of aryl methyl sites for hydroxylation is 1. The van der Waals surface area contributed by atoms with Crippen molar-refractivity contribution < 1.29 is 13.0 Å². The van der Waals surface area contributed by atoms with E-state index in [0.717, 1.165) is 6.42 Å². The lowest BCUT2D eigenvalue weighted by atomic mass is 10.1. The molecule has 0 radical (unpaired) electrons. The Balaban J connectivity index is 1.72. The van der Waals surface area contributed by atoms with Gasteiger partial charge in [0.1, 0.15) is 10.4 Å². The SMILES string of the molecule is C[C@@H](CCc1ccccc1)NS(=O)(=O)c1cccc2nonc12. The molecule has 1 atom stereocenters. The van der Waals surface area contributed by atoms with E-state index in [9.17, 15) is 8.42 Å². The minimum Gasteiger partial charge on any atom is -0.243 e. The fourth-order valence-corrected chi connectivity index (χ4v) is 3.84. The number of fused-ring (bicyclic) bond motifs is 1. The van der Waals surface area contributed by atoms with Gasteiger partial charge in [-0.2, -0.15) is 0 Å². The molecular formula is C16H17N3O3S. The number of hydrogen-bond donors (Lipinski definition) is 1. The fraction of sp³-hybridized carbons (Fsp3) is 0.250. The van der Waals surface area contributed by atoms with Crippen LogP contribution in [-0.2, 0) is 16.4 Å². The minimum absolute atomic E-state index is 0.0859. The molecule has 2 aromatic carbocycles. The number of aromatic nitrogens is 2. The van der Waals surface area contributed by atoms with Gasteiger partial charge in [-0.05, 0) is 47.8 Å². The molecule has 6 nitrogen and oxygen atoms in total. The van der Waals surface area contributed by atoms with Crippen molar-refractivity contribution >= 4 is 21.1 Å². The summed E-state index contributed by atoms with van der Waals surface area (Å²) in [6.45, 7) is 1.85. The van der Waals surface area contributed by atoms with Crippen molar-refractivity contribution in [2.24, 2.45) is 0 Å². The molecule has 7 heteroatoms. The van der Waals surface area contributed by atoms with Crippen molar-refractivity contribution in [2.45, 2.75) is 30.7 Å². The van der Waals surface area contributed by atoms with Gasteiger partial charge in [0.05, 0.1) is 0 Å². The highest BCUT2D eigenvalue weighted by atomic mass is 32.2. The van der Waals surface area contributed by atoms with Crippen LogP contribution in [0.2, 0.25) is 0 Å². The average Bonchev–Trinajstić information content (AvgIpc) is 3.02. The molecule has 1 N–H and O–H groups in total. The van der Waals surface area contributed by atoms with Crippen LogP contribution in [-0.4, -0.2) is 24.8 Å². The van der Waals surface area contributed by atoms with Gasteiger partial charge in [-0.25, -0.2) is 17.8 Å². The van der Waals surface area contributed by atoms with Gasteiger partial charge < -0.3 is 0 Å². The number of rotatable bonds is 6. The van der Waals surface area contributed by atoms with Crippen LogP contribution in [0.3, 0.4) is 0 Å². The zero-order chi connectivity index (χ0) is 16.3. The Bertz CT molecular complexity index is 891. The first kappa shape index (κ1) is 15.6. The van der Waals surface area contributed by atoms with Gasteiger partial charge in [-0.3, -0.25) is 0 Å². The van der Waals surface area contributed by atoms with Crippen LogP contribution in [0.25, 0.3) is 11.0 Å². The Labute approximate surface area is 134 Å². The van der Waals surface area contributed by atoms with Crippen molar-refractivity contribution in [3.05, 3.63) is 54.1 Å². The van der Waals surface area contributed by atoms with Gasteiger partial charge in [-0.1, -0.05) is 36.4 Å². The van der Waals surface area contributed by atoms with Crippen LogP contribution in [0.15, 0.2) is 58.1 Å². The minimum atomic E-state index is -3.67. The lowest BCUT2D eigenvalue weighted by Gasteiger charge is -2.14. The summed E-state index contributed by atoms with van der Waals surface area (Å²) in [4.78, 5) is 0.0859. The lowest BCUT2D eigenvalue weighted by molar-refractivity contribution is 0.315. The van der Waals surface area contributed by atoms with Crippen LogP contribution in [0, 0.1) is 0 Å². The Kier molecular flexibility index (Phi) is 4.40. The van der Waals surface area contributed by atoms with E-state index >= 15 is 0 Å². The Morgan fingerprint density at radius 1 is 1.09 bits per heavy atom. The molecule has 0 spiro atoms. The maximum absolute atomic E-state index is 12.5. The molecule has 0 aliphatic rings. The summed E-state index contributed by atoms with van der Waals surface area (Å²) in [5, 5.41) is 7.35. The molecule has 3 aromatic rings. The summed E-state index contributed by atoms with van der Waals surface area (Å²) in [5.41, 5.74) is 1.85. The number of sulfonamides is 1. The van der Waals surface area contributed by atoms with E-state index in [2.05, 4.69) is 19.7 Å². The second-order valence-corrected chi connectivity index (χ2v) is 7.12. The van der Waals surface area contributed by atoms with Gasteiger partial charge in [-0.15, -0.1) is 0 Å². The average molecular weight is 331 g/mol. The Morgan fingerprint density at radius 3 is 2.65 bits per heavy atom. The maximum Gasteiger partial charge on any atom is 0.243 e. The van der Waals surface area contributed by atoms with Crippen LogP contribution < -0.4 is 4.72 Å². The third-order valence-electron chi connectivity index (χ3n) is 3.60. The van der Waals surface area contributed by atoms with Crippen molar-refractivity contribution in [1.29, 1.82) is 0 Å². The first-order chi connectivity index (χ1) is 11.1. The molecule has 23 heavy (non-hydrogen) atoms. The predicted octanol–water partition coefficient (Wildman–Crippen LogP) is 2.52. The Hall–Kier alpha value is -2.25. The smallest absolute Gasteiger partial charge is 0.243 e. The zero-order valence-corrected chi connectivity index (χ0v) is 13.5. The molecule has 0 aliphatic heterocycles. The normalized spacial score (nSPS) is 13.3. The molecule has 0 unspecified atom stereocenters. The standard InChI is InChI=1S/C16H17N3O3S/c1-12(10-11-13-6-3-2-4-7-13)19-23(20,21)15-9-5-8-14-16(15)18-22-17-14/h2-9,12,19H,10-11H2,1H3/t12-/m0/s1. The summed E-state index contributed by atoms with van der Waals surface area (Å²) < 4.78 is 32.4. The molecule has 0 amide bonds. The molecule has 1 heterocycles. The van der Waals surface area contributed by atoms with E-state index in [4.69, 9.17) is 0 Å². The third-order valence-corrected chi connectivity index (χ3v) is 5.22. The van der Waals surface area contributed by atoms with Crippen molar-refractivity contribution in [1.82, 2.24) is 15.0 Å². The molecule has 120 valence electrons. The van der Waals surface area contributed by atoms with Gasteiger partial charge in [0.2, 0.25) is 10.0 Å². The number of nitrogens with one attached hydrogen (secondary N) is 1. The highest BCUT2D eigenvalue weighted by Crippen LogP contribution is 2.20. The number of hydrogen-bond acceptors (Lipinski definition) is 5. The Morgan fingerprint density at radius 2 is 1.87 bits per heavy atom. The van der Waals surface area contributed by atoms with Gasteiger partial charge >= 0.3 is 0 Å². The molecular weight excluding hydrogens is 314 g/mol. The van der Waals surface area contributed by atoms with Gasteiger partial charge in [0, 0.05) is 6.04 Å². The van der Waals surface area contributed by atoms with Crippen molar-refractivity contribution in [3.8, 4) is 0 Å². The van der Waals surface area contributed by atoms with Gasteiger partial charge in [0.25, 0.3) is 0 Å². The summed E-state index contributed by atoms with van der Waals surface area (Å²) in [7, 11) is -3.67. The van der Waals surface area contributed by atoms with Crippen LogP contribution in [0.1, 0.15) is 18.9 Å². The second-order valence-electron chi connectivity index (χ2n) is 5.43. The maximum atomic E-state index is 12.5. The van der Waals surface area contributed by atoms with E-state index in [1.54, 1.807) is 12.1 Å². The largest absolute Gasteiger partial charge is 0.243 e. The van der Waals surface area contributed by atoms with Crippen LogP contribution >= 0.6 is 0 Å². The van der Waals surface area contributed by atoms with Gasteiger partial charge in [0.15, 0.2) is 5.52 Å². The molecule has 0 fully saturated rings. The predicted molar refractivity (Wildman–Crippen MR) is 86.4 cm³/mol. The first-order valence-corrected chi connectivity index (χ1v) is 8.82. The molecule has 0 aliphatic carbocycles. The van der Waals surface area contributed by atoms with E-state index < -0.39 is 10.0 Å². The topological polar surface area (TPSA) is 85.1 Å². The first-order valence-electron chi connectivity index (χ1n) is 7.34. The number of nitrogens with zero attached hydrogens (tertiary/aromatic N) is 2. The molecule has 1 aromatic heterocycles.